The molecule has 1 saturated heterocycles. The number of piperazine rings is 1. The lowest BCUT2D eigenvalue weighted by Gasteiger charge is -2.35. The van der Waals surface area contributed by atoms with Crippen molar-refractivity contribution in [3.8, 4) is 0 Å². The first kappa shape index (κ1) is 61.4. The zero-order chi connectivity index (χ0) is 61.1. The number of nitrogens with two attached hydrogens (primary N) is 1. The van der Waals surface area contributed by atoms with Gasteiger partial charge in [-0.1, -0.05) is 42.0 Å². The summed E-state index contributed by atoms with van der Waals surface area (Å²) in [5.74, 6) is -4.85. The van der Waals surface area contributed by atoms with Crippen molar-refractivity contribution in [1.29, 1.82) is 0 Å². The average Bonchev–Trinajstić information content (AvgIpc) is 1.79. The number of imide groups is 2. The minimum Gasteiger partial charge on any atom is -0.744 e. The Morgan fingerprint density at radius 3 is 1.87 bits per heavy atom. The maximum absolute atomic E-state index is 15.2. The van der Waals surface area contributed by atoms with E-state index in [0.717, 1.165) is 33.0 Å². The van der Waals surface area contributed by atoms with Crippen molar-refractivity contribution in [3.63, 3.8) is 0 Å². The number of ketones is 2. The van der Waals surface area contributed by atoms with Crippen molar-refractivity contribution >= 4 is 115 Å². The quantitative estimate of drug-likeness (QED) is 0.0207. The zero-order valence-corrected chi connectivity index (χ0v) is 49.1. The lowest BCUT2D eigenvalue weighted by Crippen LogP contribution is -2.54. The lowest BCUT2D eigenvalue weighted by atomic mass is 9.91. The Balaban J connectivity index is 0.836. The first-order valence-electron chi connectivity index (χ1n) is 27.6. The molecule has 5 aromatic carbocycles. The van der Waals surface area contributed by atoms with E-state index in [1.807, 2.05) is 4.57 Å². The van der Waals surface area contributed by atoms with Gasteiger partial charge in [-0.3, -0.25) is 48.2 Å². The molecule has 0 atom stereocenters. The van der Waals surface area contributed by atoms with Crippen LogP contribution in [0, 0.1) is 13.8 Å². The molecule has 0 spiro atoms. The number of Topliss-reactive ketones (excluding diaryl/α,β-unsaturated/α-hetero) is 2. The van der Waals surface area contributed by atoms with Crippen LogP contribution in [0.25, 0.3) is 32.6 Å². The summed E-state index contributed by atoms with van der Waals surface area (Å²) in [6.45, 7) is 2.85. The van der Waals surface area contributed by atoms with Crippen LogP contribution >= 0.6 is 0 Å². The van der Waals surface area contributed by atoms with E-state index in [-0.39, 0.29) is 134 Å². The highest BCUT2D eigenvalue weighted by Gasteiger charge is 2.39. The summed E-state index contributed by atoms with van der Waals surface area (Å²) >= 11 is 0. The standard InChI is InChI=1S/C59H62N8O15S3/c1-38-16-18-42(19-17-38)84(78,79)67(27-8-11-40(68)10-7-24-61-25-22-41(69)23-28-65-51(70)20-21-52(65)71)59(75)55-43-12-3-5-14-48(43)64(49-15-6-4-13-44(49)55)26-9-33-83(76,77)63-31-29-62(30-32-63)53(72)37-66-57(73)46-35-39(2)34-45-54(46)47(58(66)74)36-50(56(45)60)85(80,81)82/h3-6,12-21,34-36,61H,7-11,22-33,37H2,1-2H3,(H2-,60,73,74,80,81,82). The number of anilines is 1. The van der Waals surface area contributed by atoms with Crippen molar-refractivity contribution in [3.05, 3.63) is 131 Å². The second kappa shape index (κ2) is 25.2. The summed E-state index contributed by atoms with van der Waals surface area (Å²) in [5.41, 5.74) is 7.74. The van der Waals surface area contributed by atoms with Crippen LogP contribution in [0.4, 0.5) is 5.69 Å². The number of aromatic nitrogens is 1. The van der Waals surface area contributed by atoms with Crippen molar-refractivity contribution in [1.82, 2.24) is 28.6 Å². The van der Waals surface area contributed by atoms with Gasteiger partial charge in [0.2, 0.25) is 27.0 Å². The molecular formula is C59H62N8O15S3. The van der Waals surface area contributed by atoms with Crippen molar-refractivity contribution < 1.29 is 72.7 Å². The highest BCUT2D eigenvalue weighted by Crippen LogP contribution is 2.38. The number of fused-ring (bicyclic) bond motifs is 2. The largest absolute Gasteiger partial charge is 0.744 e. The van der Waals surface area contributed by atoms with E-state index in [0.29, 0.717) is 51.8 Å². The van der Waals surface area contributed by atoms with Crippen LogP contribution in [0.5, 0.6) is 0 Å². The van der Waals surface area contributed by atoms with Gasteiger partial charge in [0, 0.05) is 119 Å². The van der Waals surface area contributed by atoms with Crippen LogP contribution in [0.15, 0.2) is 113 Å². The van der Waals surface area contributed by atoms with Crippen LogP contribution in [-0.2, 0) is 60.7 Å². The number of nitrogens with zero attached hydrogens (tertiary/aromatic N) is 6. The molecule has 6 amide bonds. The number of pyridine rings is 1. The van der Waals surface area contributed by atoms with E-state index < -0.39 is 82.7 Å². The highest BCUT2D eigenvalue weighted by atomic mass is 32.2. The SMILES string of the molecule is Cc1ccc(S(=O)(=O)N(CCCC(=O)CCCNCCC(=O)CCN2C(=O)C=CC2=O)C(=O)c2c3ccccc3[n+](CCCS(=O)(=O)N3CCN(C(=O)CN4C(=O)c5cc(C)cc6c(N)c(S(=O)(=O)[O-])cc(c56)C4=O)CC3)c3ccccc23)cc1. The van der Waals surface area contributed by atoms with Gasteiger partial charge in [-0.15, -0.1) is 0 Å². The molecule has 3 aliphatic rings. The molecule has 85 heavy (non-hydrogen) atoms. The Kier molecular flexibility index (Phi) is 18.2. The summed E-state index contributed by atoms with van der Waals surface area (Å²) in [6, 6.07) is 23.6. The van der Waals surface area contributed by atoms with Gasteiger partial charge >= 0.3 is 0 Å². The number of aryl methyl sites for hydroxylation is 3. The third kappa shape index (κ3) is 13.1. The molecule has 0 bridgehead atoms. The Bertz CT molecular complexity index is 4070. The van der Waals surface area contributed by atoms with Crippen LogP contribution in [-0.4, -0.2) is 165 Å². The molecule has 3 N–H and O–H groups in total. The number of hydrogen-bond acceptors (Lipinski definition) is 17. The molecule has 26 heteroatoms. The first-order valence-corrected chi connectivity index (χ1v) is 32.0. The third-order valence-corrected chi connectivity index (χ3v) is 20.0. The minimum absolute atomic E-state index is 0.00648. The van der Waals surface area contributed by atoms with Gasteiger partial charge in [0.25, 0.3) is 39.6 Å². The number of hydrogen-bond donors (Lipinski definition) is 2. The molecular weight excluding hydrogens is 1160 g/mol. The molecule has 0 aliphatic carbocycles. The molecule has 0 unspecified atom stereocenters. The Morgan fingerprint density at radius 2 is 1.25 bits per heavy atom. The number of nitrogens with one attached hydrogen (secondary N) is 1. The Hall–Kier alpha value is -8.14. The number of rotatable bonds is 25. The van der Waals surface area contributed by atoms with E-state index >= 15 is 4.79 Å². The second-order valence-electron chi connectivity index (χ2n) is 21.1. The molecule has 0 radical (unpaired) electrons. The van der Waals surface area contributed by atoms with Gasteiger partial charge < -0.3 is 20.5 Å². The number of para-hydroxylation sites is 2. The van der Waals surface area contributed by atoms with E-state index in [9.17, 15) is 63.4 Å². The molecule has 446 valence electrons. The van der Waals surface area contributed by atoms with E-state index in [2.05, 4.69) is 5.32 Å². The summed E-state index contributed by atoms with van der Waals surface area (Å²) in [5, 5.41) is 4.00. The van der Waals surface area contributed by atoms with Gasteiger partial charge in [-0.25, -0.2) is 29.6 Å². The van der Waals surface area contributed by atoms with Crippen molar-refractivity contribution in [2.24, 2.45) is 0 Å². The number of amides is 6. The maximum Gasteiger partial charge on any atom is 0.269 e. The molecule has 3 aliphatic heterocycles. The predicted molar refractivity (Wildman–Crippen MR) is 310 cm³/mol. The van der Waals surface area contributed by atoms with Crippen LogP contribution < -0.4 is 15.6 Å². The number of benzene rings is 5. The number of sulfonamides is 2. The third-order valence-electron chi connectivity index (χ3n) is 15.4. The van der Waals surface area contributed by atoms with Crippen LogP contribution in [0.2, 0.25) is 0 Å². The molecule has 6 aromatic rings. The molecule has 23 nitrogen and oxygen atoms in total. The van der Waals surface area contributed by atoms with Gasteiger partial charge in [0.15, 0.2) is 6.54 Å². The summed E-state index contributed by atoms with van der Waals surface area (Å²) < 4.78 is 97.5. The van der Waals surface area contributed by atoms with E-state index in [4.69, 9.17) is 5.73 Å². The fraction of sp³-hybridized carbons (Fsp3) is 0.339. The van der Waals surface area contributed by atoms with Gasteiger partial charge in [-0.2, -0.15) is 8.87 Å². The average molecular weight is 1220 g/mol. The fourth-order valence-electron chi connectivity index (χ4n) is 11.0. The van der Waals surface area contributed by atoms with Crippen molar-refractivity contribution in [2.75, 3.05) is 70.4 Å². The monoisotopic (exact) mass is 1220 g/mol. The van der Waals surface area contributed by atoms with Crippen LogP contribution in [0.1, 0.15) is 87.1 Å². The molecule has 1 aromatic heterocycles. The smallest absolute Gasteiger partial charge is 0.269 e. The Labute approximate surface area is 490 Å². The van der Waals surface area contributed by atoms with Gasteiger partial charge in [0.1, 0.15) is 28.2 Å². The molecule has 9 rings (SSSR count). The highest BCUT2D eigenvalue weighted by molar-refractivity contribution is 7.89. The summed E-state index contributed by atoms with van der Waals surface area (Å²) in [4.78, 5) is 107. The zero-order valence-electron chi connectivity index (χ0n) is 46.7. The van der Waals surface area contributed by atoms with E-state index in [1.54, 1.807) is 74.5 Å². The minimum atomic E-state index is -5.15. The second-order valence-corrected chi connectivity index (χ2v) is 26.4. The summed E-state index contributed by atoms with van der Waals surface area (Å²) in [7, 11) is -13.6. The lowest BCUT2D eigenvalue weighted by molar-refractivity contribution is -0.645. The fourth-order valence-corrected chi connectivity index (χ4v) is 14.5. The topological polar surface area (TPSA) is 320 Å². The predicted octanol–water partition coefficient (Wildman–Crippen LogP) is 3.52. The van der Waals surface area contributed by atoms with Crippen LogP contribution in [0.3, 0.4) is 0 Å². The Morgan fingerprint density at radius 1 is 0.659 bits per heavy atom. The number of carbonyl (C=O) groups excluding carboxylic acids is 8. The van der Waals surface area contributed by atoms with Crippen molar-refractivity contribution in [2.45, 2.75) is 75.1 Å². The van der Waals surface area contributed by atoms with E-state index in [1.165, 1.54) is 33.5 Å². The number of nitrogen functional groups attached to an aromatic ring is 1. The normalized spacial score (nSPS) is 15.0. The van der Waals surface area contributed by atoms with Gasteiger partial charge in [-0.05, 0) is 81.3 Å². The summed E-state index contributed by atoms with van der Waals surface area (Å²) in [6.07, 6.45) is 3.19. The number of carbonyl (C=O) groups is 8. The molecule has 0 saturated carbocycles. The molecule has 1 fully saturated rings. The first-order chi connectivity index (χ1) is 40.4. The maximum atomic E-state index is 15.2. The van der Waals surface area contributed by atoms with Gasteiger partial charge in [0.05, 0.1) is 43.1 Å². The molecule has 4 heterocycles.